The van der Waals surface area contributed by atoms with Gasteiger partial charge in [-0.25, -0.2) is 15.0 Å². The van der Waals surface area contributed by atoms with Crippen LogP contribution in [0.1, 0.15) is 0 Å². The van der Waals surface area contributed by atoms with E-state index in [1.807, 2.05) is 48.5 Å². The third kappa shape index (κ3) is 4.11. The highest BCUT2D eigenvalue weighted by Gasteiger charge is 2.00. The lowest BCUT2D eigenvalue weighted by molar-refractivity contribution is 1.14. The van der Waals surface area contributed by atoms with Gasteiger partial charge in [-0.2, -0.15) is 0 Å². The normalized spacial score (nSPS) is 9.96. The summed E-state index contributed by atoms with van der Waals surface area (Å²) in [6, 6.07) is 24.0. The highest BCUT2D eigenvalue weighted by Crippen LogP contribution is 2.23. The van der Waals surface area contributed by atoms with Gasteiger partial charge in [-0.3, -0.25) is 0 Å². The predicted molar refractivity (Wildman–Crippen MR) is 93.3 cm³/mol. The second kappa shape index (κ2) is 7.47. The molecule has 2 aromatic carbocycles. The molecule has 0 N–H and O–H groups in total. The van der Waals surface area contributed by atoms with Gasteiger partial charge in [-0.1, -0.05) is 60.7 Å². The van der Waals surface area contributed by atoms with Gasteiger partial charge in [-0.15, -0.1) is 0 Å². The molecule has 3 aromatic rings. The number of halogens is 1. The number of hydrogen-bond acceptors (Lipinski definition) is 3. The molecule has 4 heteroatoms. The van der Waals surface area contributed by atoms with Crippen LogP contribution in [0, 0.1) is 0 Å². The van der Waals surface area contributed by atoms with Crippen molar-refractivity contribution in [3.63, 3.8) is 0 Å². The van der Waals surface area contributed by atoms with Crippen LogP contribution in [0.2, 0.25) is 5.28 Å². The van der Waals surface area contributed by atoms with Crippen LogP contribution >= 0.6 is 11.6 Å². The van der Waals surface area contributed by atoms with Crippen LogP contribution in [-0.2, 0) is 0 Å². The Morgan fingerprint density at radius 1 is 0.652 bits per heavy atom. The van der Waals surface area contributed by atoms with Crippen LogP contribution < -0.4 is 0 Å². The third-order valence-corrected chi connectivity index (χ3v) is 3.45. The molecule has 0 saturated carbocycles. The van der Waals surface area contributed by atoms with Gasteiger partial charge in [-0.05, 0) is 34.9 Å². The van der Waals surface area contributed by atoms with Gasteiger partial charge in [0.1, 0.15) is 6.33 Å². The first kappa shape index (κ1) is 15.1. The molecule has 0 unspecified atom stereocenters. The molecule has 0 aliphatic carbocycles. The molecular weight excluding hydrogens is 306 g/mol. The summed E-state index contributed by atoms with van der Waals surface area (Å²) in [5, 5.41) is 0.149. The van der Waals surface area contributed by atoms with Crippen molar-refractivity contribution in [2.24, 2.45) is 0 Å². The van der Waals surface area contributed by atoms with Gasteiger partial charge < -0.3 is 0 Å². The smallest absolute Gasteiger partial charge is 0.224 e. The Balaban J connectivity index is 2.01. The zero-order chi connectivity index (χ0) is 15.9. The van der Waals surface area contributed by atoms with E-state index in [9.17, 15) is 0 Å². The highest BCUT2D eigenvalue weighted by atomic mass is 35.5. The van der Waals surface area contributed by atoms with Gasteiger partial charge in [0.25, 0.3) is 0 Å². The van der Waals surface area contributed by atoms with Crippen molar-refractivity contribution in [2.45, 2.75) is 0 Å². The van der Waals surface area contributed by atoms with Crippen LogP contribution in [0.3, 0.4) is 0 Å². The average molecular weight is 320 g/mol. The van der Waals surface area contributed by atoms with Crippen LogP contribution in [0.25, 0.3) is 22.4 Å². The Bertz CT molecular complexity index is 832. The lowest BCUT2D eigenvalue weighted by Gasteiger charge is -2.03. The Kier molecular flexibility index (Phi) is 4.92. The first-order valence-electron chi connectivity index (χ1n) is 7.16. The summed E-state index contributed by atoms with van der Waals surface area (Å²) >= 11 is 6.00. The number of nitrogens with zero attached hydrogens (tertiary/aromatic N) is 3. The SMILES string of the molecule is Clc1ncnccccc(-c2ccc(-c3ccccc3)cc2)n1. The molecule has 0 atom stereocenters. The second-order valence-electron chi connectivity index (χ2n) is 4.80. The summed E-state index contributed by atoms with van der Waals surface area (Å²) in [6.45, 7) is 0. The molecule has 0 fully saturated rings. The summed E-state index contributed by atoms with van der Waals surface area (Å²) in [4.78, 5) is 12.2. The molecule has 23 heavy (non-hydrogen) atoms. The van der Waals surface area contributed by atoms with Crippen LogP contribution in [-0.4, -0.2) is 15.0 Å². The van der Waals surface area contributed by atoms with Crippen molar-refractivity contribution in [2.75, 3.05) is 0 Å². The van der Waals surface area contributed by atoms with E-state index in [2.05, 4.69) is 39.2 Å². The first-order chi connectivity index (χ1) is 11.3. The second-order valence-corrected chi connectivity index (χ2v) is 5.14. The summed E-state index contributed by atoms with van der Waals surface area (Å²) < 4.78 is 0. The van der Waals surface area contributed by atoms with Crippen molar-refractivity contribution < 1.29 is 0 Å². The summed E-state index contributed by atoms with van der Waals surface area (Å²) in [5.74, 6) is 0. The molecule has 1 aromatic heterocycles. The number of hydrogen-bond donors (Lipinski definition) is 0. The Morgan fingerprint density at radius 3 is 2.09 bits per heavy atom. The molecule has 1 heterocycles. The molecule has 3 nitrogen and oxygen atoms in total. The number of benzene rings is 2. The fourth-order valence-corrected chi connectivity index (χ4v) is 2.29. The van der Waals surface area contributed by atoms with Gasteiger partial charge in [0, 0.05) is 11.8 Å². The van der Waals surface area contributed by atoms with Crippen molar-refractivity contribution in [3.05, 3.63) is 90.6 Å². The highest BCUT2D eigenvalue weighted by molar-refractivity contribution is 6.28. The Morgan fingerprint density at radius 2 is 1.30 bits per heavy atom. The molecular formula is C19H14ClN3. The molecule has 0 bridgehead atoms. The van der Waals surface area contributed by atoms with Gasteiger partial charge in [0.15, 0.2) is 0 Å². The van der Waals surface area contributed by atoms with Crippen LogP contribution in [0.4, 0.5) is 0 Å². The van der Waals surface area contributed by atoms with E-state index in [0.717, 1.165) is 16.8 Å². The maximum absolute atomic E-state index is 6.00. The molecule has 112 valence electrons. The lowest BCUT2D eigenvalue weighted by Crippen LogP contribution is -1.84. The first-order valence-corrected chi connectivity index (χ1v) is 7.53. The van der Waals surface area contributed by atoms with E-state index in [1.165, 1.54) is 11.9 Å². The van der Waals surface area contributed by atoms with Crippen molar-refractivity contribution in [1.82, 2.24) is 15.0 Å². The molecule has 0 aliphatic heterocycles. The number of aromatic nitrogens is 3. The fraction of sp³-hybridized carbons (Fsp3) is 0. The van der Waals surface area contributed by atoms with Crippen LogP contribution in [0.5, 0.6) is 0 Å². The zero-order valence-corrected chi connectivity index (χ0v) is 13.1. The summed E-state index contributed by atoms with van der Waals surface area (Å²) in [5.41, 5.74) is 4.06. The molecule has 3 rings (SSSR count). The minimum absolute atomic E-state index is 0.149. The van der Waals surface area contributed by atoms with Gasteiger partial charge >= 0.3 is 0 Å². The minimum Gasteiger partial charge on any atom is -0.245 e. The van der Waals surface area contributed by atoms with E-state index in [1.54, 1.807) is 6.20 Å². The standard InChI is InChI=1S/C19H14ClN3/c20-19-22-14-21-13-5-4-8-18(23-19)17-11-9-16(10-12-17)15-6-2-1-3-7-15/h1-14H. The molecule has 0 aliphatic rings. The predicted octanol–water partition coefficient (Wildman–Crippen LogP) is 4.98. The topological polar surface area (TPSA) is 38.7 Å². The minimum atomic E-state index is 0.149. The monoisotopic (exact) mass is 319 g/mol. The molecule has 0 saturated heterocycles. The van der Waals surface area contributed by atoms with E-state index >= 15 is 0 Å². The van der Waals surface area contributed by atoms with E-state index in [-0.39, 0.29) is 5.28 Å². The number of rotatable bonds is 2. The largest absolute Gasteiger partial charge is 0.245 e. The Hall–Kier alpha value is -2.78. The van der Waals surface area contributed by atoms with E-state index in [4.69, 9.17) is 11.6 Å². The summed E-state index contributed by atoms with van der Waals surface area (Å²) in [7, 11) is 0. The maximum atomic E-state index is 6.00. The van der Waals surface area contributed by atoms with Gasteiger partial charge in [0.2, 0.25) is 5.28 Å². The maximum Gasteiger partial charge on any atom is 0.224 e. The third-order valence-electron chi connectivity index (χ3n) is 3.27. The van der Waals surface area contributed by atoms with Crippen molar-refractivity contribution in [1.29, 1.82) is 0 Å². The van der Waals surface area contributed by atoms with Crippen LogP contribution in [0.15, 0.2) is 85.3 Å². The van der Waals surface area contributed by atoms with Gasteiger partial charge in [0.05, 0.1) is 5.69 Å². The Labute approximate surface area is 140 Å². The average Bonchev–Trinajstić information content (AvgIpc) is 2.61. The zero-order valence-electron chi connectivity index (χ0n) is 12.3. The van der Waals surface area contributed by atoms with Crippen molar-refractivity contribution in [3.8, 4) is 22.4 Å². The fourth-order valence-electron chi connectivity index (χ4n) is 2.16. The molecule has 0 amide bonds. The van der Waals surface area contributed by atoms with Crippen molar-refractivity contribution >= 4 is 11.6 Å². The molecule has 0 spiro atoms. The van der Waals surface area contributed by atoms with E-state index in [0.29, 0.717) is 0 Å². The molecule has 0 radical (unpaired) electrons. The quantitative estimate of drug-likeness (QED) is 0.668. The van der Waals surface area contributed by atoms with E-state index < -0.39 is 0 Å². The lowest BCUT2D eigenvalue weighted by atomic mass is 10.0. The summed E-state index contributed by atoms with van der Waals surface area (Å²) in [6.07, 6.45) is 3.02.